The lowest BCUT2D eigenvalue weighted by molar-refractivity contribution is -0.122. The van der Waals surface area contributed by atoms with E-state index in [-0.39, 0.29) is 24.0 Å². The van der Waals surface area contributed by atoms with Crippen molar-refractivity contribution in [1.82, 2.24) is 20.2 Å². The third kappa shape index (κ3) is 7.95. The summed E-state index contributed by atoms with van der Waals surface area (Å²) in [6, 6.07) is 9.96. The third-order valence-corrected chi connectivity index (χ3v) is 8.34. The van der Waals surface area contributed by atoms with Gasteiger partial charge in [0.1, 0.15) is 12.3 Å². The van der Waals surface area contributed by atoms with Gasteiger partial charge in [0.25, 0.3) is 11.8 Å². The molecule has 47 heavy (non-hydrogen) atoms. The summed E-state index contributed by atoms with van der Waals surface area (Å²) in [6.45, 7) is 3.20. The van der Waals surface area contributed by atoms with Gasteiger partial charge in [-0.05, 0) is 73.7 Å². The number of primary amides is 1. The highest BCUT2D eigenvalue weighted by Crippen LogP contribution is 2.29. The molecule has 3 amide bonds. The lowest BCUT2D eigenvalue weighted by Gasteiger charge is -2.22. The zero-order chi connectivity index (χ0) is 33.2. The van der Waals surface area contributed by atoms with Gasteiger partial charge in [0.05, 0.1) is 34.1 Å². The van der Waals surface area contributed by atoms with E-state index < -0.39 is 23.8 Å². The molecule has 0 aliphatic carbocycles. The number of amides is 3. The first kappa shape index (κ1) is 33.1. The quantitative estimate of drug-likeness (QED) is 0.0791. The predicted molar refractivity (Wildman–Crippen MR) is 183 cm³/mol. The number of allylic oxidation sites excluding steroid dienone is 1. The van der Waals surface area contributed by atoms with Crippen LogP contribution in [0.25, 0.3) is 22.2 Å². The number of nitrogens with two attached hydrogens (primary N) is 2. The molecular formula is C35H40N8O4. The number of imide groups is 1. The van der Waals surface area contributed by atoms with E-state index in [9.17, 15) is 19.2 Å². The largest absolute Gasteiger partial charge is 0.404 e. The Balaban J connectivity index is 1.05. The molecule has 12 heteroatoms. The summed E-state index contributed by atoms with van der Waals surface area (Å²) >= 11 is 0. The van der Waals surface area contributed by atoms with Crippen molar-refractivity contribution >= 4 is 58.1 Å². The maximum atomic E-state index is 13.0. The maximum Gasteiger partial charge on any atom is 0.262 e. The summed E-state index contributed by atoms with van der Waals surface area (Å²) in [5.41, 5.74) is 18.0. The van der Waals surface area contributed by atoms with Gasteiger partial charge in [-0.1, -0.05) is 25.0 Å². The SMILES string of the molecule is NC=C(C=NCCCCCCNc1ccc2c(c1)C(=O)N(C(CCC=O)C(N)=O)C2=O)c1cnc2ccc(C3=CCNCC3)cc2n1. The van der Waals surface area contributed by atoms with E-state index >= 15 is 0 Å². The average Bonchev–Trinajstić information content (AvgIpc) is 3.33. The van der Waals surface area contributed by atoms with Crippen LogP contribution in [0, 0.1) is 0 Å². The summed E-state index contributed by atoms with van der Waals surface area (Å²) in [6.07, 6.45) is 12.6. The monoisotopic (exact) mass is 636 g/mol. The first-order valence-electron chi connectivity index (χ1n) is 16.0. The van der Waals surface area contributed by atoms with Crippen LogP contribution in [0.2, 0.25) is 0 Å². The molecule has 0 radical (unpaired) electrons. The summed E-state index contributed by atoms with van der Waals surface area (Å²) in [5.74, 6) is -1.97. The Hall–Kier alpha value is -5.23. The standard InChI is InChI=1S/C35H40N8O4/c36-20-25(31-22-41-29-10-7-24(18-30(29)42-31)23-11-15-38-16-12-23)21-39-13-3-1-2-4-14-40-26-8-9-27-28(19-26)35(47)43(34(27)46)32(33(37)45)6-5-17-44/h7-11,17-22,32,38,40H,1-6,12-16,36H2,(H2,37,45). The fourth-order valence-corrected chi connectivity index (χ4v) is 5.78. The number of unbranched alkanes of at least 4 members (excludes halogenated alkanes) is 3. The number of aromatic nitrogens is 2. The van der Waals surface area contributed by atoms with Crippen molar-refractivity contribution in [2.75, 3.05) is 31.5 Å². The summed E-state index contributed by atoms with van der Waals surface area (Å²) < 4.78 is 0. The van der Waals surface area contributed by atoms with Gasteiger partial charge in [0, 0.05) is 49.7 Å². The first-order chi connectivity index (χ1) is 22.9. The second-order valence-electron chi connectivity index (χ2n) is 11.5. The molecule has 0 saturated heterocycles. The predicted octanol–water partition coefficient (Wildman–Crippen LogP) is 3.48. The summed E-state index contributed by atoms with van der Waals surface area (Å²) in [7, 11) is 0. The normalized spacial score (nSPS) is 15.6. The molecule has 0 bridgehead atoms. The Labute approximate surface area is 273 Å². The molecule has 244 valence electrons. The highest BCUT2D eigenvalue weighted by atomic mass is 16.2. The van der Waals surface area contributed by atoms with Crippen LogP contribution in [0.5, 0.6) is 0 Å². The van der Waals surface area contributed by atoms with Crippen LogP contribution < -0.4 is 22.1 Å². The molecule has 3 aromatic rings. The van der Waals surface area contributed by atoms with Gasteiger partial charge in [0.15, 0.2) is 0 Å². The molecule has 5 rings (SSSR count). The minimum Gasteiger partial charge on any atom is -0.404 e. The van der Waals surface area contributed by atoms with Gasteiger partial charge in [-0.25, -0.2) is 4.98 Å². The number of nitrogens with one attached hydrogen (secondary N) is 2. The van der Waals surface area contributed by atoms with Crippen LogP contribution in [0.15, 0.2) is 59.9 Å². The number of fused-ring (bicyclic) bond motifs is 2. The summed E-state index contributed by atoms with van der Waals surface area (Å²) in [4.78, 5) is 63.3. The highest BCUT2D eigenvalue weighted by molar-refractivity contribution is 6.23. The van der Waals surface area contributed by atoms with E-state index in [2.05, 4.69) is 38.8 Å². The number of benzene rings is 2. The average molecular weight is 637 g/mol. The molecule has 0 spiro atoms. The fourth-order valence-electron chi connectivity index (χ4n) is 5.78. The molecule has 12 nitrogen and oxygen atoms in total. The Morgan fingerprint density at radius 1 is 1.06 bits per heavy atom. The number of hydrogen-bond donors (Lipinski definition) is 4. The molecule has 2 aromatic carbocycles. The van der Waals surface area contributed by atoms with Gasteiger partial charge in [-0.2, -0.15) is 0 Å². The van der Waals surface area contributed by atoms with E-state index in [0.29, 0.717) is 30.8 Å². The van der Waals surface area contributed by atoms with Crippen LogP contribution in [0.4, 0.5) is 5.69 Å². The molecule has 1 aromatic heterocycles. The zero-order valence-electron chi connectivity index (χ0n) is 26.3. The van der Waals surface area contributed by atoms with Crippen molar-refractivity contribution in [2.24, 2.45) is 16.5 Å². The second kappa shape index (κ2) is 15.9. The van der Waals surface area contributed by atoms with Gasteiger partial charge in [-0.15, -0.1) is 0 Å². The molecule has 2 aliphatic rings. The van der Waals surface area contributed by atoms with Gasteiger partial charge < -0.3 is 26.9 Å². The second-order valence-corrected chi connectivity index (χ2v) is 11.5. The molecule has 0 fully saturated rings. The lowest BCUT2D eigenvalue weighted by Crippen LogP contribution is -2.47. The number of aldehydes is 1. The Morgan fingerprint density at radius 3 is 2.66 bits per heavy atom. The molecule has 0 saturated carbocycles. The smallest absolute Gasteiger partial charge is 0.262 e. The Kier molecular flexibility index (Phi) is 11.2. The van der Waals surface area contributed by atoms with Crippen molar-refractivity contribution in [2.45, 2.75) is 51.0 Å². The maximum absolute atomic E-state index is 13.0. The van der Waals surface area contributed by atoms with E-state index in [1.807, 2.05) is 6.07 Å². The van der Waals surface area contributed by atoms with Crippen LogP contribution >= 0.6 is 0 Å². The fraction of sp³-hybridized carbons (Fsp3) is 0.343. The number of hydrogen-bond acceptors (Lipinski definition) is 10. The number of rotatable bonds is 16. The van der Waals surface area contributed by atoms with E-state index in [1.54, 1.807) is 30.6 Å². The van der Waals surface area contributed by atoms with Crippen molar-refractivity contribution in [3.8, 4) is 0 Å². The number of aliphatic imine (C=N–C) groups is 1. The van der Waals surface area contributed by atoms with Crippen molar-refractivity contribution < 1.29 is 19.2 Å². The Bertz CT molecular complexity index is 1750. The van der Waals surface area contributed by atoms with E-state index in [4.69, 9.17) is 16.5 Å². The number of anilines is 1. The third-order valence-electron chi connectivity index (χ3n) is 8.34. The van der Waals surface area contributed by atoms with Gasteiger partial charge >= 0.3 is 0 Å². The van der Waals surface area contributed by atoms with Gasteiger partial charge in [0.2, 0.25) is 5.91 Å². The number of carbonyl (C=O) groups is 4. The van der Waals surface area contributed by atoms with E-state index in [1.165, 1.54) is 17.3 Å². The minimum atomic E-state index is -1.16. The van der Waals surface area contributed by atoms with Gasteiger partial charge in [-0.3, -0.25) is 29.3 Å². The minimum absolute atomic E-state index is 0.00273. The highest BCUT2D eigenvalue weighted by Gasteiger charge is 2.42. The van der Waals surface area contributed by atoms with E-state index in [0.717, 1.165) is 66.7 Å². The van der Waals surface area contributed by atoms with Crippen LogP contribution in [-0.4, -0.2) is 77.3 Å². The summed E-state index contributed by atoms with van der Waals surface area (Å²) in [5, 5.41) is 6.64. The molecule has 2 aliphatic heterocycles. The molecular weight excluding hydrogens is 596 g/mol. The van der Waals surface area contributed by atoms with Crippen LogP contribution in [0.3, 0.4) is 0 Å². The molecule has 1 atom stereocenters. The Morgan fingerprint density at radius 2 is 1.89 bits per heavy atom. The van der Waals surface area contributed by atoms with Crippen molar-refractivity contribution in [3.63, 3.8) is 0 Å². The topological polar surface area (TPSA) is 186 Å². The van der Waals surface area contributed by atoms with Crippen molar-refractivity contribution in [1.29, 1.82) is 0 Å². The van der Waals surface area contributed by atoms with Crippen LogP contribution in [0.1, 0.15) is 76.9 Å². The molecule has 1 unspecified atom stereocenters. The first-order valence-corrected chi connectivity index (χ1v) is 16.0. The van der Waals surface area contributed by atoms with Crippen molar-refractivity contribution in [3.05, 3.63) is 77.3 Å². The zero-order valence-corrected chi connectivity index (χ0v) is 26.3. The lowest BCUT2D eigenvalue weighted by atomic mass is 10.00. The number of carbonyl (C=O) groups excluding carboxylic acids is 4. The number of nitrogens with zero attached hydrogens (tertiary/aromatic N) is 4. The molecule has 3 heterocycles. The van der Waals surface area contributed by atoms with Crippen LogP contribution in [-0.2, 0) is 9.59 Å². The molecule has 6 N–H and O–H groups in total.